The number of benzene rings is 1. The Balaban J connectivity index is 3.19. The number of primary amides is 2. The van der Waals surface area contributed by atoms with E-state index in [0.717, 1.165) is 0 Å². The summed E-state index contributed by atoms with van der Waals surface area (Å²) in [7, 11) is 0. The van der Waals surface area contributed by atoms with E-state index in [1.54, 1.807) is 0 Å². The van der Waals surface area contributed by atoms with Crippen molar-refractivity contribution in [3.05, 3.63) is 29.8 Å². The summed E-state index contributed by atoms with van der Waals surface area (Å²) in [5.41, 5.74) is 16.2. The van der Waals surface area contributed by atoms with E-state index in [4.69, 9.17) is 22.3 Å². The van der Waals surface area contributed by atoms with Crippen molar-refractivity contribution in [2.24, 2.45) is 23.1 Å². The summed E-state index contributed by atoms with van der Waals surface area (Å²) in [6, 6.07) is -2.27. The summed E-state index contributed by atoms with van der Waals surface area (Å²) in [5, 5.41) is 38.8. The topological polar surface area (TPSA) is 353 Å². The molecule has 5 atom stereocenters. The third-order valence-electron chi connectivity index (χ3n) is 6.49. The summed E-state index contributed by atoms with van der Waals surface area (Å²) in [6.45, 7) is 2.25. The van der Waals surface area contributed by atoms with E-state index in [2.05, 4.69) is 21.3 Å². The Labute approximate surface area is 273 Å². The van der Waals surface area contributed by atoms with Crippen molar-refractivity contribution in [3.63, 3.8) is 0 Å². The minimum Gasteiger partial charge on any atom is -0.508 e. The van der Waals surface area contributed by atoms with Gasteiger partial charge < -0.3 is 59.1 Å². The number of aliphatic carboxylic acids is 2. The van der Waals surface area contributed by atoms with Gasteiger partial charge in [-0.15, -0.1) is 0 Å². The molecule has 1 rings (SSSR count). The third-order valence-corrected chi connectivity index (χ3v) is 6.49. The highest BCUT2D eigenvalue weighted by molar-refractivity contribution is 5.98. The number of phenolic OH excluding ortho intramolecular Hbond substituents is 1. The molecule has 20 nitrogen and oxygen atoms in total. The zero-order valence-electron chi connectivity index (χ0n) is 26.1. The Hall–Kier alpha value is -5.79. The number of hydrogen-bond donors (Lipinski definition) is 11. The fourth-order valence-corrected chi connectivity index (χ4v) is 4.03. The molecule has 14 N–H and O–H groups in total. The van der Waals surface area contributed by atoms with Crippen LogP contribution in [0.25, 0.3) is 0 Å². The Morgan fingerprint density at radius 1 is 0.688 bits per heavy atom. The maximum atomic E-state index is 13.4. The predicted octanol–water partition coefficient (Wildman–Crippen LogP) is -4.72. The number of amides is 7. The molecule has 0 fully saturated rings. The average Bonchev–Trinajstić information content (AvgIpc) is 2.97. The Morgan fingerprint density at radius 3 is 1.73 bits per heavy atom. The molecule has 0 radical (unpaired) electrons. The molecule has 48 heavy (non-hydrogen) atoms. The molecule has 0 saturated heterocycles. The van der Waals surface area contributed by atoms with E-state index in [0.29, 0.717) is 5.56 Å². The number of nitrogens with two attached hydrogens (primary N) is 3. The first-order chi connectivity index (χ1) is 22.3. The van der Waals surface area contributed by atoms with Crippen LogP contribution in [0.1, 0.15) is 38.7 Å². The molecule has 0 saturated carbocycles. The number of carboxylic acids is 2. The van der Waals surface area contributed by atoms with Gasteiger partial charge in [0.05, 0.1) is 31.8 Å². The summed E-state index contributed by atoms with van der Waals surface area (Å²) >= 11 is 0. The molecule has 0 aliphatic rings. The van der Waals surface area contributed by atoms with Crippen molar-refractivity contribution >= 4 is 53.3 Å². The van der Waals surface area contributed by atoms with Gasteiger partial charge in [-0.05, 0) is 23.6 Å². The van der Waals surface area contributed by atoms with Crippen molar-refractivity contribution in [1.82, 2.24) is 26.6 Å². The van der Waals surface area contributed by atoms with Gasteiger partial charge in [0.1, 0.15) is 29.9 Å². The third kappa shape index (κ3) is 14.5. The number of carbonyl (C=O) groups is 9. The van der Waals surface area contributed by atoms with E-state index in [9.17, 15) is 53.4 Å². The highest BCUT2D eigenvalue weighted by Crippen LogP contribution is 2.12. The zero-order valence-corrected chi connectivity index (χ0v) is 26.1. The van der Waals surface area contributed by atoms with Crippen LogP contribution in [0.3, 0.4) is 0 Å². The molecule has 0 bridgehead atoms. The standard InChI is InChI=1S/C28H40N8O12/c1-12(2)23(36-24(43)15(29)8-22(41)42)27(46)35-17(9-19(30)38)26(45)34-16(7-13-3-5-14(37)6-4-13)25(44)32-11-21(40)33-18(28(47)48)10-20(31)39/h3-6,12,15-18,23,37H,7-11,29H2,1-2H3,(H2,30,38)(H2,31,39)(H,32,44)(H,33,40)(H,34,45)(H,35,46)(H,36,43)(H,41,42)(H,47,48)/t15-,16-,17-,18-,23-/m0/s1. The van der Waals surface area contributed by atoms with Crippen LogP contribution in [0.2, 0.25) is 0 Å². The smallest absolute Gasteiger partial charge is 0.326 e. The van der Waals surface area contributed by atoms with Crippen LogP contribution in [-0.2, 0) is 49.6 Å². The van der Waals surface area contributed by atoms with Crippen LogP contribution in [0.15, 0.2) is 24.3 Å². The maximum Gasteiger partial charge on any atom is 0.326 e. The summed E-state index contributed by atoms with van der Waals surface area (Å²) in [6.07, 6.45) is -2.47. The van der Waals surface area contributed by atoms with Gasteiger partial charge in [-0.1, -0.05) is 26.0 Å². The Kier molecular flexibility index (Phi) is 15.9. The molecule has 0 aromatic heterocycles. The lowest BCUT2D eigenvalue weighted by atomic mass is 10.0. The number of aromatic hydroxyl groups is 1. The van der Waals surface area contributed by atoms with Crippen molar-refractivity contribution in [2.75, 3.05) is 6.54 Å². The zero-order chi connectivity index (χ0) is 36.7. The van der Waals surface area contributed by atoms with Crippen molar-refractivity contribution in [1.29, 1.82) is 0 Å². The number of nitrogens with one attached hydrogen (secondary N) is 5. The molecule has 0 heterocycles. The fraction of sp³-hybridized carbons (Fsp3) is 0.464. The molecule has 0 aliphatic carbocycles. The summed E-state index contributed by atoms with van der Waals surface area (Å²) in [4.78, 5) is 109. The average molecular weight is 681 g/mol. The van der Waals surface area contributed by atoms with E-state index < -0.39 is 115 Å². The number of hydrogen-bond acceptors (Lipinski definition) is 11. The second-order valence-corrected chi connectivity index (χ2v) is 10.9. The van der Waals surface area contributed by atoms with E-state index >= 15 is 0 Å². The maximum absolute atomic E-state index is 13.4. The molecule has 0 aliphatic heterocycles. The van der Waals surface area contributed by atoms with Gasteiger partial charge in [0.25, 0.3) is 0 Å². The lowest BCUT2D eigenvalue weighted by Crippen LogP contribution is -2.60. The second kappa shape index (κ2) is 19.0. The quantitative estimate of drug-likeness (QED) is 0.0617. The molecule has 1 aromatic rings. The minimum absolute atomic E-state index is 0.107. The highest BCUT2D eigenvalue weighted by Gasteiger charge is 2.33. The molecule has 0 unspecified atom stereocenters. The predicted molar refractivity (Wildman–Crippen MR) is 163 cm³/mol. The Morgan fingerprint density at radius 2 is 1.23 bits per heavy atom. The van der Waals surface area contributed by atoms with Crippen LogP contribution in [0.5, 0.6) is 5.75 Å². The second-order valence-electron chi connectivity index (χ2n) is 10.9. The Bertz CT molecular complexity index is 1380. The number of phenols is 1. The molecule has 1 aromatic carbocycles. The largest absolute Gasteiger partial charge is 0.508 e. The van der Waals surface area contributed by atoms with Crippen molar-refractivity contribution in [2.45, 2.75) is 69.7 Å². The normalized spacial score (nSPS) is 13.8. The van der Waals surface area contributed by atoms with E-state index in [1.807, 2.05) is 5.32 Å². The van der Waals surface area contributed by atoms with E-state index in [-0.39, 0.29) is 12.2 Å². The van der Waals surface area contributed by atoms with Gasteiger partial charge in [-0.2, -0.15) is 0 Å². The van der Waals surface area contributed by atoms with Gasteiger partial charge in [0.15, 0.2) is 0 Å². The first kappa shape index (κ1) is 40.2. The minimum atomic E-state index is -1.69. The molecule has 264 valence electrons. The highest BCUT2D eigenvalue weighted by atomic mass is 16.4. The van der Waals surface area contributed by atoms with Crippen LogP contribution in [0.4, 0.5) is 0 Å². The molecule has 20 heteroatoms. The first-order valence-corrected chi connectivity index (χ1v) is 14.3. The van der Waals surface area contributed by atoms with E-state index in [1.165, 1.54) is 38.1 Å². The monoisotopic (exact) mass is 680 g/mol. The lowest BCUT2D eigenvalue weighted by Gasteiger charge is -2.27. The van der Waals surface area contributed by atoms with Gasteiger partial charge in [-0.3, -0.25) is 38.4 Å². The number of rotatable bonds is 20. The first-order valence-electron chi connectivity index (χ1n) is 14.3. The van der Waals surface area contributed by atoms with Crippen LogP contribution < -0.4 is 43.8 Å². The summed E-state index contributed by atoms with van der Waals surface area (Å²) < 4.78 is 0. The SMILES string of the molecule is CC(C)[C@H](NC(=O)[C@@H](N)CC(=O)O)C(=O)N[C@@H](CC(N)=O)C(=O)N[C@@H](Cc1ccc(O)cc1)C(=O)NCC(=O)N[C@@H](CC(N)=O)C(=O)O. The van der Waals surface area contributed by atoms with Crippen molar-refractivity contribution in [3.8, 4) is 5.75 Å². The molecular weight excluding hydrogens is 640 g/mol. The summed E-state index contributed by atoms with van der Waals surface area (Å²) in [5.74, 6) is -10.7. The van der Waals surface area contributed by atoms with Gasteiger partial charge >= 0.3 is 11.9 Å². The molecule has 0 spiro atoms. The fourth-order valence-electron chi connectivity index (χ4n) is 4.03. The van der Waals surface area contributed by atoms with Crippen LogP contribution in [0, 0.1) is 5.92 Å². The van der Waals surface area contributed by atoms with Crippen LogP contribution >= 0.6 is 0 Å². The van der Waals surface area contributed by atoms with Crippen LogP contribution in [-0.4, -0.2) is 105 Å². The number of carboxylic acid groups (broad SMARTS) is 2. The van der Waals surface area contributed by atoms with Gasteiger partial charge in [0, 0.05) is 6.42 Å². The lowest BCUT2D eigenvalue weighted by molar-refractivity contribution is -0.143. The molecule has 7 amide bonds. The molecular formula is C28H40N8O12. The number of carbonyl (C=O) groups excluding carboxylic acids is 7. The van der Waals surface area contributed by atoms with Gasteiger partial charge in [-0.25, -0.2) is 4.79 Å². The van der Waals surface area contributed by atoms with Crippen molar-refractivity contribution < 1.29 is 58.5 Å². The van der Waals surface area contributed by atoms with Gasteiger partial charge in [0.2, 0.25) is 41.4 Å².